The van der Waals surface area contributed by atoms with Gasteiger partial charge >= 0.3 is 0 Å². The van der Waals surface area contributed by atoms with E-state index in [1.165, 1.54) is 0 Å². The van der Waals surface area contributed by atoms with Crippen LogP contribution in [0.3, 0.4) is 0 Å². The second-order valence-electron chi connectivity index (χ2n) is 4.60. The Morgan fingerprint density at radius 3 is 2.67 bits per heavy atom. The number of nitrogens with zero attached hydrogens (tertiary/aromatic N) is 1. The third kappa shape index (κ3) is 1.61. The zero-order valence-electron chi connectivity index (χ0n) is 10.1. The van der Waals surface area contributed by atoms with Crippen LogP contribution in [0.4, 0.5) is 0 Å². The molecule has 0 bridgehead atoms. The Balaban J connectivity index is 1.94. The van der Waals surface area contributed by atoms with Crippen molar-refractivity contribution in [3.05, 3.63) is 42.1 Å². The summed E-state index contributed by atoms with van der Waals surface area (Å²) in [5.41, 5.74) is 1.26. The minimum Gasteiger partial charge on any atom is -0.358 e. The normalized spacial score (nSPS) is 16.3. The van der Waals surface area contributed by atoms with E-state index in [-0.39, 0.29) is 5.91 Å². The Morgan fingerprint density at radius 1 is 1.33 bits per heavy atom. The number of amides is 1. The molecule has 4 heteroatoms. The van der Waals surface area contributed by atoms with Gasteiger partial charge in [0.05, 0.1) is 11.1 Å². The monoisotopic (exact) mass is 242 g/mol. The highest BCUT2D eigenvalue weighted by Crippen LogP contribution is 2.48. The van der Waals surface area contributed by atoms with E-state index in [0.29, 0.717) is 5.76 Å². The lowest BCUT2D eigenvalue weighted by atomic mass is 10.0. The second-order valence-corrected chi connectivity index (χ2v) is 4.60. The van der Waals surface area contributed by atoms with Crippen molar-refractivity contribution in [1.82, 2.24) is 10.5 Å². The summed E-state index contributed by atoms with van der Waals surface area (Å²) in [6, 6.07) is 11.6. The fourth-order valence-corrected chi connectivity index (χ4v) is 2.20. The zero-order valence-corrected chi connectivity index (χ0v) is 10.1. The van der Waals surface area contributed by atoms with Crippen LogP contribution in [0.15, 0.2) is 40.9 Å². The first-order chi connectivity index (χ1) is 8.76. The van der Waals surface area contributed by atoms with Crippen molar-refractivity contribution >= 4 is 5.91 Å². The topological polar surface area (TPSA) is 55.1 Å². The van der Waals surface area contributed by atoms with Crippen molar-refractivity contribution < 1.29 is 9.32 Å². The summed E-state index contributed by atoms with van der Waals surface area (Å²) in [6.07, 6.45) is 1.68. The van der Waals surface area contributed by atoms with Crippen LogP contribution in [0, 0.1) is 0 Å². The van der Waals surface area contributed by atoms with Crippen LogP contribution in [-0.4, -0.2) is 18.1 Å². The molecule has 1 saturated carbocycles. The van der Waals surface area contributed by atoms with Gasteiger partial charge in [-0.2, -0.15) is 0 Å². The molecule has 92 valence electrons. The van der Waals surface area contributed by atoms with E-state index in [0.717, 1.165) is 24.1 Å². The third-order valence-corrected chi connectivity index (χ3v) is 3.47. The largest absolute Gasteiger partial charge is 0.358 e. The number of aromatic nitrogens is 1. The van der Waals surface area contributed by atoms with Gasteiger partial charge in [0, 0.05) is 18.7 Å². The van der Waals surface area contributed by atoms with E-state index < -0.39 is 5.41 Å². The van der Waals surface area contributed by atoms with Crippen LogP contribution in [-0.2, 0) is 10.2 Å². The van der Waals surface area contributed by atoms with Gasteiger partial charge in [-0.1, -0.05) is 35.5 Å². The predicted molar refractivity (Wildman–Crippen MR) is 66.9 cm³/mol. The zero-order chi connectivity index (χ0) is 12.6. The third-order valence-electron chi connectivity index (χ3n) is 3.47. The molecule has 4 nitrogen and oxygen atoms in total. The lowest BCUT2D eigenvalue weighted by Crippen LogP contribution is -2.32. The molecule has 1 aromatic carbocycles. The molecule has 1 aliphatic rings. The van der Waals surface area contributed by atoms with Gasteiger partial charge in [-0.25, -0.2) is 0 Å². The number of hydrogen-bond acceptors (Lipinski definition) is 3. The highest BCUT2D eigenvalue weighted by Gasteiger charge is 2.53. The molecule has 1 fully saturated rings. The first-order valence-corrected chi connectivity index (χ1v) is 6.01. The number of nitrogens with one attached hydrogen (secondary N) is 1. The quantitative estimate of drug-likeness (QED) is 0.897. The summed E-state index contributed by atoms with van der Waals surface area (Å²) in [4.78, 5) is 11.8. The van der Waals surface area contributed by atoms with Gasteiger partial charge in [0.1, 0.15) is 0 Å². The minimum absolute atomic E-state index is 0.0235. The van der Waals surface area contributed by atoms with E-state index in [1.807, 2.05) is 36.4 Å². The molecule has 1 amide bonds. The molecular weight excluding hydrogens is 228 g/mol. The van der Waals surface area contributed by atoms with Crippen molar-refractivity contribution in [3.63, 3.8) is 0 Å². The fourth-order valence-electron chi connectivity index (χ4n) is 2.20. The molecule has 0 spiro atoms. The maximum Gasteiger partial charge on any atom is 0.232 e. The SMILES string of the molecule is CNC(=O)C1(c2cc(-c3ccccc3)on2)CC1. The van der Waals surface area contributed by atoms with Crippen LogP contribution in [0.1, 0.15) is 18.5 Å². The summed E-state index contributed by atoms with van der Waals surface area (Å²) < 4.78 is 5.34. The Morgan fingerprint density at radius 2 is 2.06 bits per heavy atom. The van der Waals surface area contributed by atoms with Gasteiger partial charge < -0.3 is 9.84 Å². The summed E-state index contributed by atoms with van der Waals surface area (Å²) in [5, 5.41) is 6.75. The predicted octanol–water partition coefficient (Wildman–Crippen LogP) is 2.12. The molecule has 0 saturated heterocycles. The van der Waals surface area contributed by atoms with Crippen LogP contribution in [0.2, 0.25) is 0 Å². The molecule has 1 heterocycles. The van der Waals surface area contributed by atoms with Crippen molar-refractivity contribution in [2.45, 2.75) is 18.3 Å². The molecule has 1 aliphatic carbocycles. The Bertz CT molecular complexity index is 570. The highest BCUT2D eigenvalue weighted by molar-refractivity contribution is 5.90. The standard InChI is InChI=1S/C14H14N2O2/c1-15-13(17)14(7-8-14)12-9-11(18-16-12)10-5-3-2-4-6-10/h2-6,9H,7-8H2,1H3,(H,15,17). The lowest BCUT2D eigenvalue weighted by Gasteiger charge is -2.08. The van der Waals surface area contributed by atoms with E-state index in [4.69, 9.17) is 4.52 Å². The number of hydrogen-bond donors (Lipinski definition) is 1. The van der Waals surface area contributed by atoms with Gasteiger partial charge in [0.2, 0.25) is 5.91 Å². The van der Waals surface area contributed by atoms with Crippen LogP contribution in [0.25, 0.3) is 11.3 Å². The smallest absolute Gasteiger partial charge is 0.232 e. The fraction of sp³-hybridized carbons (Fsp3) is 0.286. The highest BCUT2D eigenvalue weighted by atomic mass is 16.5. The molecular formula is C14H14N2O2. The summed E-state index contributed by atoms with van der Waals surface area (Å²) >= 11 is 0. The maximum atomic E-state index is 11.8. The van der Waals surface area contributed by atoms with Gasteiger partial charge in [-0.05, 0) is 12.8 Å². The van der Waals surface area contributed by atoms with Gasteiger partial charge in [-0.15, -0.1) is 0 Å². The number of rotatable bonds is 3. The molecule has 1 aromatic heterocycles. The molecule has 1 N–H and O–H groups in total. The van der Waals surface area contributed by atoms with E-state index in [2.05, 4.69) is 10.5 Å². The number of likely N-dealkylation sites (N-methyl/N-ethyl adjacent to an activating group) is 1. The van der Waals surface area contributed by atoms with Crippen LogP contribution in [0.5, 0.6) is 0 Å². The molecule has 0 aliphatic heterocycles. The first kappa shape index (κ1) is 11.0. The Hall–Kier alpha value is -2.10. The van der Waals surface area contributed by atoms with Crippen LogP contribution < -0.4 is 5.32 Å². The van der Waals surface area contributed by atoms with E-state index >= 15 is 0 Å². The van der Waals surface area contributed by atoms with E-state index in [9.17, 15) is 4.79 Å². The molecule has 18 heavy (non-hydrogen) atoms. The summed E-state index contributed by atoms with van der Waals surface area (Å²) in [6.45, 7) is 0. The average Bonchev–Trinajstić information content (AvgIpc) is 3.09. The van der Waals surface area contributed by atoms with Gasteiger partial charge in [0.25, 0.3) is 0 Å². The molecule has 2 aromatic rings. The minimum atomic E-state index is -0.453. The number of carbonyl (C=O) groups excluding carboxylic acids is 1. The van der Waals surface area contributed by atoms with E-state index in [1.54, 1.807) is 7.05 Å². The maximum absolute atomic E-state index is 11.8. The lowest BCUT2D eigenvalue weighted by molar-refractivity contribution is -0.123. The Labute approximate surface area is 105 Å². The van der Waals surface area contributed by atoms with Gasteiger partial charge in [0.15, 0.2) is 5.76 Å². The first-order valence-electron chi connectivity index (χ1n) is 6.01. The van der Waals surface area contributed by atoms with Crippen molar-refractivity contribution in [1.29, 1.82) is 0 Å². The number of benzene rings is 1. The molecule has 3 rings (SSSR count). The van der Waals surface area contributed by atoms with Gasteiger partial charge in [-0.3, -0.25) is 4.79 Å². The van der Waals surface area contributed by atoms with Crippen molar-refractivity contribution in [2.24, 2.45) is 0 Å². The van der Waals surface area contributed by atoms with Crippen molar-refractivity contribution in [2.75, 3.05) is 7.05 Å². The summed E-state index contributed by atoms with van der Waals surface area (Å²) in [7, 11) is 1.65. The van der Waals surface area contributed by atoms with Crippen LogP contribution >= 0.6 is 0 Å². The van der Waals surface area contributed by atoms with Crippen molar-refractivity contribution in [3.8, 4) is 11.3 Å². The summed E-state index contributed by atoms with van der Waals surface area (Å²) in [5.74, 6) is 0.733. The molecule has 0 radical (unpaired) electrons. The number of carbonyl (C=O) groups is 1. The second kappa shape index (κ2) is 3.98. The molecule has 0 atom stereocenters. The molecule has 0 unspecified atom stereocenters. The average molecular weight is 242 g/mol. The Kier molecular flexibility index (Phi) is 2.44.